The number of rotatable bonds is 5. The molecule has 0 aliphatic carbocycles. The lowest BCUT2D eigenvalue weighted by Gasteiger charge is -2.30. The first-order valence-corrected chi connectivity index (χ1v) is 9.72. The number of carbonyl (C=O) groups is 1. The van der Waals surface area contributed by atoms with Gasteiger partial charge in [0.25, 0.3) is 0 Å². The van der Waals surface area contributed by atoms with Crippen LogP contribution in [0.3, 0.4) is 0 Å². The fourth-order valence-corrected chi connectivity index (χ4v) is 4.49. The highest BCUT2D eigenvalue weighted by Gasteiger charge is 2.31. The smallest absolute Gasteiger partial charge is 0.243 e. The van der Waals surface area contributed by atoms with Gasteiger partial charge >= 0.3 is 0 Å². The first-order valence-electron chi connectivity index (χ1n) is 8.28. The minimum atomic E-state index is -3.47. The van der Waals surface area contributed by atoms with Crippen LogP contribution in [0.5, 0.6) is 0 Å². The van der Waals surface area contributed by atoms with Crippen LogP contribution >= 0.6 is 0 Å². The SMILES string of the molecule is Cn1nccc1CNC(=O)C1CCN(S(=O)(=O)c2ccccc2)CC1. The average Bonchev–Trinajstić information content (AvgIpc) is 3.05. The lowest BCUT2D eigenvalue weighted by molar-refractivity contribution is -0.126. The number of nitrogens with one attached hydrogen (secondary N) is 1. The normalized spacial score (nSPS) is 16.7. The predicted molar refractivity (Wildman–Crippen MR) is 93.0 cm³/mol. The van der Waals surface area contributed by atoms with Gasteiger partial charge in [0.2, 0.25) is 15.9 Å². The van der Waals surface area contributed by atoms with Crippen LogP contribution in [-0.4, -0.2) is 41.5 Å². The number of aryl methyl sites for hydroxylation is 1. The van der Waals surface area contributed by atoms with Gasteiger partial charge in [-0.1, -0.05) is 18.2 Å². The van der Waals surface area contributed by atoms with Gasteiger partial charge in [-0.2, -0.15) is 9.40 Å². The maximum absolute atomic E-state index is 12.6. The molecule has 7 nitrogen and oxygen atoms in total. The van der Waals surface area contributed by atoms with Crippen molar-refractivity contribution in [1.82, 2.24) is 19.4 Å². The predicted octanol–water partition coefficient (Wildman–Crippen LogP) is 1.14. The lowest BCUT2D eigenvalue weighted by Crippen LogP contribution is -2.42. The molecule has 0 unspecified atom stereocenters. The van der Waals surface area contributed by atoms with Crippen molar-refractivity contribution in [2.75, 3.05) is 13.1 Å². The van der Waals surface area contributed by atoms with Crippen molar-refractivity contribution in [3.63, 3.8) is 0 Å². The van der Waals surface area contributed by atoms with Crippen LogP contribution in [0.2, 0.25) is 0 Å². The van der Waals surface area contributed by atoms with Gasteiger partial charge in [0.1, 0.15) is 0 Å². The number of carbonyl (C=O) groups excluding carboxylic acids is 1. The van der Waals surface area contributed by atoms with E-state index in [4.69, 9.17) is 0 Å². The first-order chi connectivity index (χ1) is 12.0. The van der Waals surface area contributed by atoms with Gasteiger partial charge in [-0.05, 0) is 31.0 Å². The molecule has 2 aromatic rings. The van der Waals surface area contributed by atoms with Gasteiger partial charge in [-0.3, -0.25) is 9.48 Å². The second-order valence-electron chi connectivity index (χ2n) is 6.16. The zero-order valence-corrected chi connectivity index (χ0v) is 14.9. The van der Waals surface area contributed by atoms with Crippen LogP contribution < -0.4 is 5.32 Å². The second kappa shape index (κ2) is 7.37. The maximum atomic E-state index is 12.6. The molecule has 8 heteroatoms. The molecule has 1 fully saturated rings. The van der Waals surface area contributed by atoms with E-state index in [0.717, 1.165) is 5.69 Å². The number of benzene rings is 1. The molecule has 0 saturated carbocycles. The molecule has 134 valence electrons. The van der Waals surface area contributed by atoms with Crippen molar-refractivity contribution in [2.24, 2.45) is 13.0 Å². The van der Waals surface area contributed by atoms with Crippen LogP contribution in [0.4, 0.5) is 0 Å². The Hall–Kier alpha value is -2.19. The topological polar surface area (TPSA) is 84.3 Å². The number of aromatic nitrogens is 2. The van der Waals surface area contributed by atoms with Gasteiger partial charge in [0, 0.05) is 32.3 Å². The largest absolute Gasteiger partial charge is 0.350 e. The zero-order chi connectivity index (χ0) is 17.9. The fourth-order valence-electron chi connectivity index (χ4n) is 3.00. The number of hydrogen-bond acceptors (Lipinski definition) is 4. The molecule has 0 atom stereocenters. The van der Waals surface area contributed by atoms with E-state index in [1.165, 1.54) is 4.31 Å². The van der Waals surface area contributed by atoms with Gasteiger partial charge in [0.15, 0.2) is 0 Å². The summed E-state index contributed by atoms with van der Waals surface area (Å²) in [5.74, 6) is -0.187. The summed E-state index contributed by atoms with van der Waals surface area (Å²) in [5.41, 5.74) is 0.928. The quantitative estimate of drug-likeness (QED) is 0.864. The highest BCUT2D eigenvalue weighted by atomic mass is 32.2. The van der Waals surface area contributed by atoms with E-state index in [1.54, 1.807) is 41.2 Å². The monoisotopic (exact) mass is 362 g/mol. The third-order valence-corrected chi connectivity index (χ3v) is 6.48. The van der Waals surface area contributed by atoms with E-state index < -0.39 is 10.0 Å². The van der Waals surface area contributed by atoms with E-state index in [0.29, 0.717) is 37.4 Å². The molecule has 1 amide bonds. The van der Waals surface area contributed by atoms with Crippen LogP contribution in [0.15, 0.2) is 47.5 Å². The standard InChI is InChI=1S/C17H22N4O3S/c1-20-15(7-10-19-20)13-18-17(22)14-8-11-21(12-9-14)25(23,24)16-5-3-2-4-6-16/h2-7,10,14H,8-9,11-13H2,1H3,(H,18,22). The summed E-state index contributed by atoms with van der Waals surface area (Å²) >= 11 is 0. The van der Waals surface area contributed by atoms with Crippen molar-refractivity contribution in [3.8, 4) is 0 Å². The van der Waals surface area contributed by atoms with Crippen molar-refractivity contribution in [2.45, 2.75) is 24.3 Å². The zero-order valence-electron chi connectivity index (χ0n) is 14.1. The van der Waals surface area contributed by atoms with E-state index in [1.807, 2.05) is 13.1 Å². The maximum Gasteiger partial charge on any atom is 0.243 e. The molecule has 1 aromatic heterocycles. The summed E-state index contributed by atoms with van der Waals surface area (Å²) < 4.78 is 28.4. The number of piperidine rings is 1. The fraction of sp³-hybridized carbons (Fsp3) is 0.412. The summed E-state index contributed by atoms with van der Waals surface area (Å²) in [7, 11) is -1.65. The number of nitrogens with zero attached hydrogens (tertiary/aromatic N) is 3. The molecule has 1 aromatic carbocycles. The van der Waals surface area contributed by atoms with Crippen LogP contribution in [0.25, 0.3) is 0 Å². The Morgan fingerprint density at radius 2 is 1.88 bits per heavy atom. The molecule has 1 N–H and O–H groups in total. The molecule has 2 heterocycles. The average molecular weight is 362 g/mol. The number of amides is 1. The molecule has 1 saturated heterocycles. The van der Waals surface area contributed by atoms with Crippen molar-refractivity contribution < 1.29 is 13.2 Å². The third kappa shape index (κ3) is 3.91. The second-order valence-corrected chi connectivity index (χ2v) is 8.09. The van der Waals surface area contributed by atoms with Gasteiger partial charge < -0.3 is 5.32 Å². The van der Waals surface area contributed by atoms with E-state index >= 15 is 0 Å². The number of hydrogen-bond donors (Lipinski definition) is 1. The van der Waals surface area contributed by atoms with E-state index in [2.05, 4.69) is 10.4 Å². The summed E-state index contributed by atoms with van der Waals surface area (Å²) in [5, 5.41) is 6.98. The molecule has 1 aliphatic rings. The van der Waals surface area contributed by atoms with E-state index in [9.17, 15) is 13.2 Å². The Labute approximate surface area is 147 Å². The highest BCUT2D eigenvalue weighted by Crippen LogP contribution is 2.23. The van der Waals surface area contributed by atoms with Crippen LogP contribution in [0.1, 0.15) is 18.5 Å². The van der Waals surface area contributed by atoms with Gasteiger partial charge in [-0.25, -0.2) is 8.42 Å². The summed E-state index contributed by atoms with van der Waals surface area (Å²) in [6.07, 6.45) is 2.75. The van der Waals surface area contributed by atoms with Crippen LogP contribution in [0, 0.1) is 5.92 Å². The molecule has 25 heavy (non-hydrogen) atoms. The summed E-state index contributed by atoms with van der Waals surface area (Å²) in [6, 6.07) is 10.3. The third-order valence-electron chi connectivity index (χ3n) is 4.57. The lowest BCUT2D eigenvalue weighted by atomic mass is 9.97. The first kappa shape index (κ1) is 17.6. The van der Waals surface area contributed by atoms with Crippen molar-refractivity contribution >= 4 is 15.9 Å². The van der Waals surface area contributed by atoms with E-state index in [-0.39, 0.29) is 11.8 Å². The Morgan fingerprint density at radius 3 is 2.48 bits per heavy atom. The molecular weight excluding hydrogens is 340 g/mol. The molecule has 0 spiro atoms. The molecule has 3 rings (SSSR count). The Balaban J connectivity index is 1.55. The Kier molecular flexibility index (Phi) is 5.19. The minimum Gasteiger partial charge on any atom is -0.350 e. The van der Waals surface area contributed by atoms with Crippen molar-refractivity contribution in [3.05, 3.63) is 48.3 Å². The van der Waals surface area contributed by atoms with Gasteiger partial charge in [-0.15, -0.1) is 0 Å². The highest BCUT2D eigenvalue weighted by molar-refractivity contribution is 7.89. The van der Waals surface area contributed by atoms with Crippen LogP contribution in [-0.2, 0) is 28.4 Å². The minimum absolute atomic E-state index is 0.0297. The summed E-state index contributed by atoms with van der Waals surface area (Å²) in [6.45, 7) is 1.15. The number of sulfonamides is 1. The van der Waals surface area contributed by atoms with Gasteiger partial charge in [0.05, 0.1) is 17.1 Å². The molecule has 0 radical (unpaired) electrons. The Morgan fingerprint density at radius 1 is 1.20 bits per heavy atom. The summed E-state index contributed by atoms with van der Waals surface area (Å²) in [4.78, 5) is 12.6. The van der Waals surface area contributed by atoms with Crippen molar-refractivity contribution in [1.29, 1.82) is 0 Å². The Bertz CT molecular complexity index is 825. The molecular formula is C17H22N4O3S. The molecule has 1 aliphatic heterocycles. The molecule has 0 bridgehead atoms.